The zero-order valence-corrected chi connectivity index (χ0v) is 10.8. The molecule has 0 unspecified atom stereocenters. The molecule has 14 heavy (non-hydrogen) atoms. The fourth-order valence-electron chi connectivity index (χ4n) is 1.51. The highest BCUT2D eigenvalue weighted by Crippen LogP contribution is 2.31. The second-order valence-electron chi connectivity index (χ2n) is 3.74. The molecule has 1 rings (SSSR count). The minimum atomic E-state index is 0.759. The van der Waals surface area contributed by atoms with Crippen molar-refractivity contribution in [2.45, 2.75) is 50.0 Å². The van der Waals surface area contributed by atoms with Gasteiger partial charge in [-0.15, -0.1) is 23.5 Å². The minimum Gasteiger partial charge on any atom is -0.143 e. The van der Waals surface area contributed by atoms with Crippen molar-refractivity contribution < 1.29 is 0 Å². The number of rotatable bonds is 6. The van der Waals surface area contributed by atoms with E-state index in [4.69, 9.17) is 0 Å². The van der Waals surface area contributed by atoms with Crippen LogP contribution in [0.15, 0.2) is 12.2 Å². The van der Waals surface area contributed by atoms with Crippen LogP contribution in [-0.2, 0) is 0 Å². The summed E-state index contributed by atoms with van der Waals surface area (Å²) in [4.78, 5) is 0. The third-order valence-electron chi connectivity index (χ3n) is 2.37. The molecule has 1 saturated heterocycles. The van der Waals surface area contributed by atoms with Crippen LogP contribution in [0.2, 0.25) is 0 Å². The van der Waals surface area contributed by atoms with Gasteiger partial charge in [-0.2, -0.15) is 0 Å². The van der Waals surface area contributed by atoms with Gasteiger partial charge in [-0.05, 0) is 30.8 Å². The van der Waals surface area contributed by atoms with E-state index < -0.39 is 0 Å². The minimum absolute atomic E-state index is 0.759. The monoisotopic (exact) mass is 230 g/mol. The van der Waals surface area contributed by atoms with Gasteiger partial charge in [0.2, 0.25) is 0 Å². The molecular weight excluding hydrogens is 208 g/mol. The lowest BCUT2D eigenvalue weighted by Gasteiger charge is -2.17. The smallest absolute Gasteiger partial charge is 0.0682 e. The number of unbranched alkanes of at least 4 members (excludes halogenated alkanes) is 4. The van der Waals surface area contributed by atoms with E-state index in [0.29, 0.717) is 0 Å². The molecule has 1 aliphatic rings. The van der Waals surface area contributed by atoms with Crippen molar-refractivity contribution in [3.05, 3.63) is 12.2 Å². The molecule has 0 aromatic carbocycles. The van der Waals surface area contributed by atoms with E-state index in [2.05, 4.69) is 42.6 Å². The molecule has 0 amide bonds. The van der Waals surface area contributed by atoms with Crippen molar-refractivity contribution >= 4 is 23.5 Å². The zero-order chi connectivity index (χ0) is 10.1. The summed E-state index contributed by atoms with van der Waals surface area (Å²) >= 11 is 4.22. The summed E-state index contributed by atoms with van der Waals surface area (Å²) in [5, 5.41) is 0. The highest BCUT2D eigenvalue weighted by molar-refractivity contribution is 8.17. The average Bonchev–Trinajstić information content (AvgIpc) is 2.25. The summed E-state index contributed by atoms with van der Waals surface area (Å²) in [6.45, 7) is 2.27. The Labute approximate surface area is 97.3 Å². The molecule has 0 nitrogen and oxygen atoms in total. The van der Waals surface area contributed by atoms with Crippen LogP contribution in [0.1, 0.15) is 45.4 Å². The SMILES string of the molecule is CCCCCC/C=C/C1SCCCS1. The molecular formula is C12H22S2. The molecule has 1 fully saturated rings. The van der Waals surface area contributed by atoms with E-state index in [1.165, 1.54) is 50.0 Å². The normalized spacial score (nSPS) is 19.2. The maximum Gasteiger partial charge on any atom is 0.0682 e. The van der Waals surface area contributed by atoms with Crippen molar-refractivity contribution in [3.8, 4) is 0 Å². The number of hydrogen-bond donors (Lipinski definition) is 0. The van der Waals surface area contributed by atoms with Gasteiger partial charge >= 0.3 is 0 Å². The Morgan fingerprint density at radius 2 is 1.93 bits per heavy atom. The maximum absolute atomic E-state index is 2.42. The fourth-order valence-corrected chi connectivity index (χ4v) is 4.19. The van der Waals surface area contributed by atoms with Crippen LogP contribution in [0.4, 0.5) is 0 Å². The molecule has 0 spiro atoms. The third kappa shape index (κ3) is 6.02. The summed E-state index contributed by atoms with van der Waals surface area (Å²) in [6.07, 6.45) is 13.0. The highest BCUT2D eigenvalue weighted by Gasteiger charge is 2.09. The van der Waals surface area contributed by atoms with Gasteiger partial charge in [0.15, 0.2) is 0 Å². The van der Waals surface area contributed by atoms with E-state index in [1.54, 1.807) is 0 Å². The molecule has 0 aromatic heterocycles. The van der Waals surface area contributed by atoms with Crippen molar-refractivity contribution in [2.75, 3.05) is 11.5 Å². The average molecular weight is 230 g/mol. The van der Waals surface area contributed by atoms with Crippen LogP contribution >= 0.6 is 23.5 Å². The summed E-state index contributed by atoms with van der Waals surface area (Å²) in [6, 6.07) is 0. The molecule has 0 bridgehead atoms. The fraction of sp³-hybridized carbons (Fsp3) is 0.833. The van der Waals surface area contributed by atoms with Crippen LogP contribution in [0.25, 0.3) is 0 Å². The second kappa shape index (κ2) is 8.72. The van der Waals surface area contributed by atoms with Crippen molar-refractivity contribution in [1.29, 1.82) is 0 Å². The van der Waals surface area contributed by atoms with Gasteiger partial charge in [0, 0.05) is 0 Å². The lowest BCUT2D eigenvalue weighted by atomic mass is 10.1. The largest absolute Gasteiger partial charge is 0.143 e. The van der Waals surface area contributed by atoms with Gasteiger partial charge in [-0.1, -0.05) is 38.3 Å². The molecule has 0 N–H and O–H groups in total. The second-order valence-corrected chi connectivity index (χ2v) is 6.54. The topological polar surface area (TPSA) is 0 Å². The molecule has 1 aliphatic heterocycles. The first-order valence-corrected chi connectivity index (χ1v) is 7.93. The quantitative estimate of drug-likeness (QED) is 0.479. The standard InChI is InChI=1S/C12H22S2/c1-2-3-4-5-6-7-9-12-13-10-8-11-14-12/h7,9,12H,2-6,8,10-11H2,1H3/b9-7+. The van der Waals surface area contributed by atoms with Crippen molar-refractivity contribution in [2.24, 2.45) is 0 Å². The molecule has 0 atom stereocenters. The lowest BCUT2D eigenvalue weighted by molar-refractivity contribution is 0.674. The first-order chi connectivity index (χ1) is 6.93. The van der Waals surface area contributed by atoms with E-state index >= 15 is 0 Å². The number of hydrogen-bond acceptors (Lipinski definition) is 2. The highest BCUT2D eigenvalue weighted by atomic mass is 32.2. The molecule has 82 valence electrons. The first kappa shape index (κ1) is 12.5. The van der Waals surface area contributed by atoms with Crippen LogP contribution in [0.3, 0.4) is 0 Å². The van der Waals surface area contributed by atoms with Crippen LogP contribution in [-0.4, -0.2) is 16.1 Å². The van der Waals surface area contributed by atoms with Gasteiger partial charge in [0.05, 0.1) is 4.58 Å². The van der Waals surface area contributed by atoms with Crippen LogP contribution < -0.4 is 0 Å². The Bertz CT molecular complexity index is 148. The predicted octanol–water partition coefficient (Wildman–Crippen LogP) is 4.71. The molecule has 1 heterocycles. The summed E-state index contributed by atoms with van der Waals surface area (Å²) < 4.78 is 0.759. The van der Waals surface area contributed by atoms with E-state index in [-0.39, 0.29) is 0 Å². The van der Waals surface area contributed by atoms with Crippen LogP contribution in [0.5, 0.6) is 0 Å². The van der Waals surface area contributed by atoms with E-state index in [1.807, 2.05) is 0 Å². The van der Waals surface area contributed by atoms with E-state index in [0.717, 1.165) is 4.58 Å². The van der Waals surface area contributed by atoms with Gasteiger partial charge in [0.1, 0.15) is 0 Å². The summed E-state index contributed by atoms with van der Waals surface area (Å²) in [5.41, 5.74) is 0. The molecule has 0 aromatic rings. The molecule has 0 aliphatic carbocycles. The molecule has 0 radical (unpaired) electrons. The van der Waals surface area contributed by atoms with Gasteiger partial charge in [-0.25, -0.2) is 0 Å². The van der Waals surface area contributed by atoms with Gasteiger partial charge < -0.3 is 0 Å². The van der Waals surface area contributed by atoms with Crippen molar-refractivity contribution in [1.82, 2.24) is 0 Å². The first-order valence-electron chi connectivity index (χ1n) is 5.83. The Kier molecular flexibility index (Phi) is 7.80. The zero-order valence-electron chi connectivity index (χ0n) is 9.21. The Morgan fingerprint density at radius 3 is 2.64 bits per heavy atom. The van der Waals surface area contributed by atoms with Gasteiger partial charge in [-0.3, -0.25) is 0 Å². The van der Waals surface area contributed by atoms with Gasteiger partial charge in [0.25, 0.3) is 0 Å². The van der Waals surface area contributed by atoms with E-state index in [9.17, 15) is 0 Å². The predicted molar refractivity (Wildman–Crippen MR) is 71.2 cm³/mol. The maximum atomic E-state index is 2.42. The van der Waals surface area contributed by atoms with Crippen molar-refractivity contribution in [3.63, 3.8) is 0 Å². The summed E-state index contributed by atoms with van der Waals surface area (Å²) in [5.74, 6) is 2.72. The Balaban J connectivity index is 1.96. The number of allylic oxidation sites excluding steroid dienone is 1. The number of thioether (sulfide) groups is 2. The molecule has 2 heteroatoms. The third-order valence-corrected chi connectivity index (χ3v) is 5.21. The molecule has 0 saturated carbocycles. The van der Waals surface area contributed by atoms with Crippen LogP contribution in [0, 0.1) is 0 Å². The lowest BCUT2D eigenvalue weighted by Crippen LogP contribution is -2.02. The summed E-state index contributed by atoms with van der Waals surface area (Å²) in [7, 11) is 0. The Hall–Kier alpha value is 0.440. The Morgan fingerprint density at radius 1 is 1.14 bits per heavy atom.